The Hall–Kier alpha value is -1.84. The summed E-state index contributed by atoms with van der Waals surface area (Å²) in [4.78, 5) is 12.4. The van der Waals surface area contributed by atoms with Gasteiger partial charge in [0.1, 0.15) is 5.75 Å². The van der Waals surface area contributed by atoms with Crippen LogP contribution in [0, 0.1) is 6.92 Å². The SMILES string of the molecule is Cc1ccc(NC(=O)COc2cc(Cl)ccc2Cl)cc1S(=O)(=O)N1CCOCC1. The fourth-order valence-corrected chi connectivity index (χ4v) is 4.80. The smallest absolute Gasteiger partial charge is 0.262 e. The van der Waals surface area contributed by atoms with Gasteiger partial charge >= 0.3 is 0 Å². The number of hydrogen-bond donors (Lipinski definition) is 1. The van der Waals surface area contributed by atoms with E-state index in [0.29, 0.717) is 47.6 Å². The number of carbonyl (C=O) groups is 1. The summed E-state index contributed by atoms with van der Waals surface area (Å²) in [6.45, 7) is 2.72. The summed E-state index contributed by atoms with van der Waals surface area (Å²) in [7, 11) is -3.68. The third-order valence-electron chi connectivity index (χ3n) is 4.31. The van der Waals surface area contributed by atoms with Gasteiger partial charge in [0.15, 0.2) is 6.61 Å². The molecule has 0 spiro atoms. The molecule has 7 nitrogen and oxygen atoms in total. The lowest BCUT2D eigenvalue weighted by Crippen LogP contribution is -2.40. The normalized spacial score (nSPS) is 15.1. The first kappa shape index (κ1) is 21.9. The minimum Gasteiger partial charge on any atom is -0.482 e. The largest absolute Gasteiger partial charge is 0.482 e. The first-order valence-corrected chi connectivity index (χ1v) is 11.0. The van der Waals surface area contributed by atoms with Crippen LogP contribution in [0.2, 0.25) is 10.0 Å². The van der Waals surface area contributed by atoms with Gasteiger partial charge in [-0.1, -0.05) is 29.3 Å². The van der Waals surface area contributed by atoms with Gasteiger partial charge < -0.3 is 14.8 Å². The Morgan fingerprint density at radius 2 is 1.90 bits per heavy atom. The minimum absolute atomic E-state index is 0.149. The van der Waals surface area contributed by atoms with Gasteiger partial charge in [-0.3, -0.25) is 4.79 Å². The number of halogens is 2. The molecule has 0 radical (unpaired) electrons. The highest BCUT2D eigenvalue weighted by Gasteiger charge is 2.28. The van der Waals surface area contributed by atoms with Gasteiger partial charge in [0.05, 0.1) is 23.1 Å². The van der Waals surface area contributed by atoms with Crippen molar-refractivity contribution in [3.63, 3.8) is 0 Å². The van der Waals surface area contributed by atoms with Crippen LogP contribution in [0.4, 0.5) is 5.69 Å². The molecule has 1 aliphatic rings. The van der Waals surface area contributed by atoms with Gasteiger partial charge in [0, 0.05) is 29.9 Å². The number of rotatable bonds is 6. The lowest BCUT2D eigenvalue weighted by atomic mass is 10.2. The lowest BCUT2D eigenvalue weighted by molar-refractivity contribution is -0.118. The summed E-state index contributed by atoms with van der Waals surface area (Å²) in [5.74, 6) is -0.173. The summed E-state index contributed by atoms with van der Waals surface area (Å²) in [5.41, 5.74) is 0.949. The van der Waals surface area contributed by atoms with E-state index in [0.717, 1.165) is 0 Å². The number of ether oxygens (including phenoxy) is 2. The van der Waals surface area contributed by atoms with E-state index in [1.807, 2.05) is 0 Å². The first-order chi connectivity index (χ1) is 13.8. The van der Waals surface area contributed by atoms with Crippen molar-refractivity contribution < 1.29 is 22.7 Å². The zero-order valence-corrected chi connectivity index (χ0v) is 18.0. The first-order valence-electron chi connectivity index (χ1n) is 8.83. The highest BCUT2D eigenvalue weighted by Crippen LogP contribution is 2.28. The second-order valence-corrected chi connectivity index (χ2v) is 9.16. The molecule has 2 aromatic rings. The summed E-state index contributed by atoms with van der Waals surface area (Å²) in [6.07, 6.45) is 0. The van der Waals surface area contributed by atoms with Crippen LogP contribution < -0.4 is 10.1 Å². The number of carbonyl (C=O) groups excluding carboxylic acids is 1. The van der Waals surface area contributed by atoms with Crippen molar-refractivity contribution in [1.29, 1.82) is 0 Å². The van der Waals surface area contributed by atoms with Crippen molar-refractivity contribution in [1.82, 2.24) is 4.31 Å². The average Bonchev–Trinajstić information content (AvgIpc) is 2.70. The molecule has 10 heteroatoms. The monoisotopic (exact) mass is 458 g/mol. The molecule has 1 amide bonds. The molecule has 3 rings (SSSR count). The van der Waals surface area contributed by atoms with Crippen LogP contribution in [0.25, 0.3) is 0 Å². The van der Waals surface area contributed by atoms with Crippen molar-refractivity contribution in [2.45, 2.75) is 11.8 Å². The summed E-state index contributed by atoms with van der Waals surface area (Å²) < 4.78 is 37.9. The predicted octanol–water partition coefficient (Wildman–Crippen LogP) is 3.34. The van der Waals surface area contributed by atoms with Crippen LogP contribution in [0.1, 0.15) is 5.56 Å². The number of hydrogen-bond acceptors (Lipinski definition) is 5. The minimum atomic E-state index is -3.68. The van der Waals surface area contributed by atoms with Crippen molar-refractivity contribution in [3.05, 3.63) is 52.0 Å². The van der Waals surface area contributed by atoms with Crippen LogP contribution in [-0.2, 0) is 19.6 Å². The predicted molar refractivity (Wildman–Crippen MR) is 111 cm³/mol. The highest BCUT2D eigenvalue weighted by molar-refractivity contribution is 7.89. The van der Waals surface area contributed by atoms with Crippen LogP contribution >= 0.6 is 23.2 Å². The molecule has 1 saturated heterocycles. The summed E-state index contributed by atoms with van der Waals surface area (Å²) in [5, 5.41) is 3.40. The van der Waals surface area contributed by atoms with Crippen LogP contribution in [0.3, 0.4) is 0 Å². The number of amides is 1. The van der Waals surface area contributed by atoms with Gasteiger partial charge in [-0.2, -0.15) is 4.31 Å². The Morgan fingerprint density at radius 3 is 2.62 bits per heavy atom. The molecule has 0 aliphatic carbocycles. The standard InChI is InChI=1S/C19H20Cl2N2O5S/c1-13-2-4-15(11-18(13)29(25,26)23-6-8-27-9-7-23)22-19(24)12-28-17-10-14(20)3-5-16(17)21/h2-5,10-11H,6-9,12H2,1H3,(H,22,24). The summed E-state index contributed by atoms with van der Waals surface area (Å²) in [6, 6.07) is 9.43. The van der Waals surface area contributed by atoms with Crippen molar-refractivity contribution in [2.24, 2.45) is 0 Å². The maximum Gasteiger partial charge on any atom is 0.262 e. The van der Waals surface area contributed by atoms with Crippen LogP contribution in [0.5, 0.6) is 5.75 Å². The Labute approximate surface area is 179 Å². The quantitative estimate of drug-likeness (QED) is 0.717. The lowest BCUT2D eigenvalue weighted by Gasteiger charge is -2.26. The number of benzene rings is 2. The van der Waals surface area contributed by atoms with Gasteiger partial charge in [-0.15, -0.1) is 0 Å². The van der Waals surface area contributed by atoms with Gasteiger partial charge in [-0.05, 0) is 36.8 Å². The number of nitrogens with zero attached hydrogens (tertiary/aromatic N) is 1. The average molecular weight is 459 g/mol. The number of anilines is 1. The number of aryl methyl sites for hydroxylation is 1. The molecule has 0 atom stereocenters. The molecule has 29 heavy (non-hydrogen) atoms. The van der Waals surface area contributed by atoms with E-state index in [9.17, 15) is 13.2 Å². The second-order valence-electron chi connectivity index (χ2n) is 6.41. The zero-order valence-electron chi connectivity index (χ0n) is 15.7. The third kappa shape index (κ3) is 5.40. The molecule has 156 valence electrons. The number of nitrogens with one attached hydrogen (secondary N) is 1. The van der Waals surface area contributed by atoms with Gasteiger partial charge in [0.25, 0.3) is 5.91 Å². The molecular weight excluding hydrogens is 439 g/mol. The molecule has 1 N–H and O–H groups in total. The highest BCUT2D eigenvalue weighted by atomic mass is 35.5. The van der Waals surface area contributed by atoms with Crippen LogP contribution in [-0.4, -0.2) is 51.5 Å². The summed E-state index contributed by atoms with van der Waals surface area (Å²) >= 11 is 11.9. The van der Waals surface area contributed by atoms with E-state index in [4.69, 9.17) is 32.7 Å². The number of morpholine rings is 1. The van der Waals surface area contributed by atoms with E-state index < -0.39 is 15.9 Å². The molecule has 1 aliphatic heterocycles. The van der Waals surface area contributed by atoms with E-state index in [1.54, 1.807) is 31.2 Å². The van der Waals surface area contributed by atoms with Crippen molar-refractivity contribution >= 4 is 44.8 Å². The zero-order chi connectivity index (χ0) is 21.0. The molecular formula is C19H20Cl2N2O5S. The van der Waals surface area contributed by atoms with Crippen molar-refractivity contribution in [3.8, 4) is 5.75 Å². The van der Waals surface area contributed by atoms with E-state index in [1.165, 1.54) is 16.4 Å². The molecule has 0 unspecified atom stereocenters. The molecule has 2 aromatic carbocycles. The Bertz CT molecular complexity index is 1010. The van der Waals surface area contributed by atoms with E-state index >= 15 is 0 Å². The maximum absolute atomic E-state index is 12.9. The Balaban J connectivity index is 1.70. The Kier molecular flexibility index (Phi) is 7.02. The molecule has 1 heterocycles. The molecule has 0 saturated carbocycles. The maximum atomic E-state index is 12.9. The van der Waals surface area contributed by atoms with Gasteiger partial charge in [-0.25, -0.2) is 8.42 Å². The fourth-order valence-electron chi connectivity index (χ4n) is 2.81. The fraction of sp³-hybridized carbons (Fsp3) is 0.316. The van der Waals surface area contributed by atoms with E-state index in [-0.39, 0.29) is 17.3 Å². The number of sulfonamides is 1. The topological polar surface area (TPSA) is 84.9 Å². The molecule has 0 aromatic heterocycles. The van der Waals surface area contributed by atoms with Gasteiger partial charge in [0.2, 0.25) is 10.0 Å². The molecule has 0 bridgehead atoms. The third-order valence-corrected chi connectivity index (χ3v) is 6.90. The van der Waals surface area contributed by atoms with E-state index in [2.05, 4.69) is 5.32 Å². The Morgan fingerprint density at radius 1 is 1.17 bits per heavy atom. The van der Waals surface area contributed by atoms with Crippen molar-refractivity contribution in [2.75, 3.05) is 38.2 Å². The van der Waals surface area contributed by atoms with Crippen LogP contribution in [0.15, 0.2) is 41.3 Å². The second kappa shape index (κ2) is 9.32. The molecule has 1 fully saturated rings.